The van der Waals surface area contributed by atoms with Crippen LogP contribution in [0, 0.1) is 20.8 Å². The molecule has 152 valence electrons. The number of para-hydroxylation sites is 2. The normalized spacial score (nSPS) is 17.8. The second-order valence-electron chi connectivity index (χ2n) is 7.30. The smallest absolute Gasteiger partial charge is 0.242 e. The van der Waals surface area contributed by atoms with Gasteiger partial charge in [0.2, 0.25) is 11.8 Å². The van der Waals surface area contributed by atoms with Crippen LogP contribution < -0.4 is 5.32 Å². The summed E-state index contributed by atoms with van der Waals surface area (Å²) in [5.41, 5.74) is 4.76. The number of hydrogen-bond donors (Lipinski definition) is 1. The zero-order chi connectivity index (χ0) is 21.0. The summed E-state index contributed by atoms with van der Waals surface area (Å²) in [6.45, 7) is 8.57. The van der Waals surface area contributed by atoms with E-state index in [9.17, 15) is 9.59 Å². The molecule has 1 saturated heterocycles. The van der Waals surface area contributed by atoms with Gasteiger partial charge in [0, 0.05) is 18.7 Å². The molecule has 0 spiro atoms. The fourth-order valence-corrected chi connectivity index (χ4v) is 4.49. The van der Waals surface area contributed by atoms with Crippen molar-refractivity contribution in [3.8, 4) is 0 Å². The van der Waals surface area contributed by atoms with Crippen LogP contribution in [0.15, 0.2) is 47.5 Å². The molecule has 0 aliphatic carbocycles. The van der Waals surface area contributed by atoms with Crippen LogP contribution in [0.3, 0.4) is 0 Å². The third kappa shape index (κ3) is 4.88. The van der Waals surface area contributed by atoms with E-state index < -0.39 is 5.25 Å². The molecule has 1 fully saturated rings. The van der Waals surface area contributed by atoms with E-state index in [0.29, 0.717) is 11.7 Å². The molecule has 2 amide bonds. The van der Waals surface area contributed by atoms with Crippen LogP contribution in [0.25, 0.3) is 0 Å². The molecule has 1 heterocycles. The van der Waals surface area contributed by atoms with Gasteiger partial charge in [0.05, 0.1) is 5.69 Å². The number of amidine groups is 1. The molecule has 1 atom stereocenters. The highest BCUT2D eigenvalue weighted by Crippen LogP contribution is 2.33. The van der Waals surface area contributed by atoms with Gasteiger partial charge >= 0.3 is 0 Å². The number of aryl methyl sites for hydroxylation is 3. The predicted octanol–water partition coefficient (Wildman–Crippen LogP) is 4.98. The van der Waals surface area contributed by atoms with E-state index in [-0.39, 0.29) is 18.2 Å². The summed E-state index contributed by atoms with van der Waals surface area (Å²) in [4.78, 5) is 32.1. The summed E-state index contributed by atoms with van der Waals surface area (Å²) in [7, 11) is 0. The fourth-order valence-electron chi connectivity index (χ4n) is 3.32. The molecular formula is C23H27N3O2S. The van der Waals surface area contributed by atoms with Gasteiger partial charge in [-0.15, -0.1) is 0 Å². The summed E-state index contributed by atoms with van der Waals surface area (Å²) in [5.74, 6) is -0.192. The second-order valence-corrected chi connectivity index (χ2v) is 8.47. The van der Waals surface area contributed by atoms with E-state index in [0.717, 1.165) is 34.5 Å². The predicted molar refractivity (Wildman–Crippen MR) is 121 cm³/mol. The molecule has 1 aliphatic heterocycles. The van der Waals surface area contributed by atoms with Crippen molar-refractivity contribution < 1.29 is 9.59 Å². The van der Waals surface area contributed by atoms with Gasteiger partial charge in [-0.05, 0) is 49.9 Å². The maximum Gasteiger partial charge on any atom is 0.242 e. The van der Waals surface area contributed by atoms with Gasteiger partial charge in [0.1, 0.15) is 5.25 Å². The number of benzene rings is 2. The molecule has 0 unspecified atom stereocenters. The maximum absolute atomic E-state index is 12.9. The lowest BCUT2D eigenvalue weighted by Crippen LogP contribution is -2.34. The summed E-state index contributed by atoms with van der Waals surface area (Å²) in [6, 6.07) is 13.7. The number of amides is 2. The van der Waals surface area contributed by atoms with Crippen LogP contribution >= 0.6 is 11.8 Å². The van der Waals surface area contributed by atoms with Crippen LogP contribution in [0.5, 0.6) is 0 Å². The number of thioether (sulfide) groups is 1. The first-order valence-electron chi connectivity index (χ1n) is 9.89. The SMILES string of the molecule is CCCN1C(=O)[C@H](CC(=O)Nc2c(C)cccc2C)SC1=Nc1ccccc1C. The quantitative estimate of drug-likeness (QED) is 0.732. The molecule has 2 aromatic rings. The molecule has 1 N–H and O–H groups in total. The summed E-state index contributed by atoms with van der Waals surface area (Å²) >= 11 is 1.38. The Morgan fingerprint density at radius 1 is 1.07 bits per heavy atom. The third-order valence-electron chi connectivity index (χ3n) is 4.92. The first-order valence-corrected chi connectivity index (χ1v) is 10.8. The fraction of sp³-hybridized carbons (Fsp3) is 0.348. The van der Waals surface area contributed by atoms with Crippen molar-refractivity contribution >= 4 is 40.1 Å². The Balaban J connectivity index is 1.77. The Hall–Kier alpha value is -2.60. The largest absolute Gasteiger partial charge is 0.326 e. The van der Waals surface area contributed by atoms with Crippen molar-refractivity contribution in [2.45, 2.75) is 45.8 Å². The average molecular weight is 410 g/mol. The molecule has 29 heavy (non-hydrogen) atoms. The topological polar surface area (TPSA) is 61.8 Å². The molecule has 5 nitrogen and oxygen atoms in total. The highest BCUT2D eigenvalue weighted by Gasteiger charge is 2.38. The molecule has 1 aliphatic rings. The summed E-state index contributed by atoms with van der Waals surface area (Å²) in [5, 5.41) is 3.21. The minimum atomic E-state index is -0.450. The van der Waals surface area contributed by atoms with Crippen molar-refractivity contribution in [3.63, 3.8) is 0 Å². The van der Waals surface area contributed by atoms with Crippen molar-refractivity contribution in [3.05, 3.63) is 59.2 Å². The third-order valence-corrected chi connectivity index (χ3v) is 6.09. The Morgan fingerprint density at radius 3 is 2.38 bits per heavy atom. The summed E-state index contributed by atoms with van der Waals surface area (Å²) in [6.07, 6.45) is 0.963. The van der Waals surface area contributed by atoms with E-state index in [4.69, 9.17) is 4.99 Å². The van der Waals surface area contributed by atoms with E-state index in [1.54, 1.807) is 4.90 Å². The molecule has 3 rings (SSSR count). The van der Waals surface area contributed by atoms with Gasteiger partial charge in [-0.25, -0.2) is 4.99 Å². The first kappa shape index (κ1) is 21.1. The van der Waals surface area contributed by atoms with Gasteiger partial charge < -0.3 is 5.32 Å². The lowest BCUT2D eigenvalue weighted by atomic mass is 10.1. The lowest BCUT2D eigenvalue weighted by molar-refractivity contribution is -0.128. The van der Waals surface area contributed by atoms with Crippen LogP contribution in [-0.2, 0) is 9.59 Å². The zero-order valence-electron chi connectivity index (χ0n) is 17.4. The molecule has 2 aromatic carbocycles. The standard InChI is InChI=1S/C23H27N3O2S/c1-5-13-26-22(28)19(29-23(26)24-18-12-7-6-9-15(18)2)14-20(27)25-21-16(3)10-8-11-17(21)4/h6-12,19H,5,13-14H2,1-4H3,(H,25,27)/t19-/m0/s1. The van der Waals surface area contributed by atoms with Gasteiger partial charge in [-0.1, -0.05) is 55.1 Å². The van der Waals surface area contributed by atoms with Crippen LogP contribution in [0.1, 0.15) is 36.5 Å². The van der Waals surface area contributed by atoms with Crippen molar-refractivity contribution in [1.29, 1.82) is 0 Å². The number of carbonyl (C=O) groups excluding carboxylic acids is 2. The van der Waals surface area contributed by atoms with Gasteiger partial charge in [-0.3, -0.25) is 14.5 Å². The number of carbonyl (C=O) groups is 2. The van der Waals surface area contributed by atoms with E-state index in [2.05, 4.69) is 5.32 Å². The minimum Gasteiger partial charge on any atom is -0.326 e. The Labute approximate surface area is 176 Å². The van der Waals surface area contributed by atoms with Gasteiger partial charge in [0.15, 0.2) is 5.17 Å². The van der Waals surface area contributed by atoms with E-state index in [1.165, 1.54) is 11.8 Å². The highest BCUT2D eigenvalue weighted by molar-refractivity contribution is 8.15. The van der Waals surface area contributed by atoms with Gasteiger partial charge in [-0.2, -0.15) is 0 Å². The molecule has 0 radical (unpaired) electrons. The highest BCUT2D eigenvalue weighted by atomic mass is 32.2. The molecule has 0 aromatic heterocycles. The molecular weight excluding hydrogens is 382 g/mol. The Kier molecular flexibility index (Phi) is 6.75. The lowest BCUT2D eigenvalue weighted by Gasteiger charge is -2.15. The maximum atomic E-state index is 12.9. The van der Waals surface area contributed by atoms with Crippen molar-refractivity contribution in [1.82, 2.24) is 4.90 Å². The van der Waals surface area contributed by atoms with Crippen molar-refractivity contribution in [2.24, 2.45) is 4.99 Å². The van der Waals surface area contributed by atoms with Gasteiger partial charge in [0.25, 0.3) is 0 Å². The molecule has 0 saturated carbocycles. The molecule has 6 heteroatoms. The van der Waals surface area contributed by atoms with Crippen LogP contribution in [-0.4, -0.2) is 33.7 Å². The zero-order valence-corrected chi connectivity index (χ0v) is 18.2. The summed E-state index contributed by atoms with van der Waals surface area (Å²) < 4.78 is 0. The van der Waals surface area contributed by atoms with Crippen LogP contribution in [0.4, 0.5) is 11.4 Å². The Bertz CT molecular complexity index is 935. The number of hydrogen-bond acceptors (Lipinski definition) is 4. The van der Waals surface area contributed by atoms with Crippen molar-refractivity contribution in [2.75, 3.05) is 11.9 Å². The number of anilines is 1. The monoisotopic (exact) mass is 409 g/mol. The minimum absolute atomic E-state index is 0.0409. The average Bonchev–Trinajstić information content (AvgIpc) is 2.96. The van der Waals surface area contributed by atoms with E-state index >= 15 is 0 Å². The number of nitrogens with zero attached hydrogens (tertiary/aromatic N) is 2. The second kappa shape index (κ2) is 9.27. The first-order chi connectivity index (χ1) is 13.9. The number of nitrogens with one attached hydrogen (secondary N) is 1. The van der Waals surface area contributed by atoms with E-state index in [1.807, 2.05) is 70.2 Å². The Morgan fingerprint density at radius 2 is 1.72 bits per heavy atom. The molecule has 0 bridgehead atoms. The number of rotatable bonds is 6. The number of aliphatic imine (C=N–C) groups is 1. The van der Waals surface area contributed by atoms with Crippen LogP contribution in [0.2, 0.25) is 0 Å².